The highest BCUT2D eigenvalue weighted by atomic mass is 35.5. The van der Waals surface area contributed by atoms with Crippen LogP contribution in [0.1, 0.15) is 25.1 Å². The summed E-state index contributed by atoms with van der Waals surface area (Å²) < 4.78 is 25.1. The van der Waals surface area contributed by atoms with Crippen LogP contribution in [0.25, 0.3) is 6.08 Å². The van der Waals surface area contributed by atoms with Crippen LogP contribution in [0.5, 0.6) is 0 Å². The van der Waals surface area contributed by atoms with E-state index >= 15 is 0 Å². The van der Waals surface area contributed by atoms with Gasteiger partial charge in [0.25, 0.3) is 0 Å². The third kappa shape index (κ3) is 2.99. The standard InChI is InChI=1S/C17H17ClN2O2S/c1-11(2)23(21,22)16-9-4-3-7-14(16)19-15-10-17(18)20-13-8-5-6-12(13)15/h3-7,9-11H,8H2,1-2H3,(H,19,20). The van der Waals surface area contributed by atoms with Gasteiger partial charge < -0.3 is 5.32 Å². The molecule has 0 amide bonds. The van der Waals surface area contributed by atoms with E-state index in [9.17, 15) is 8.42 Å². The van der Waals surface area contributed by atoms with Crippen molar-refractivity contribution in [3.05, 3.63) is 52.8 Å². The molecule has 23 heavy (non-hydrogen) atoms. The molecule has 6 heteroatoms. The van der Waals surface area contributed by atoms with E-state index < -0.39 is 15.1 Å². The van der Waals surface area contributed by atoms with Crippen LogP contribution >= 0.6 is 11.6 Å². The van der Waals surface area contributed by atoms with E-state index in [2.05, 4.69) is 10.3 Å². The molecule has 4 nitrogen and oxygen atoms in total. The van der Waals surface area contributed by atoms with Crippen molar-refractivity contribution in [3.63, 3.8) is 0 Å². The smallest absolute Gasteiger partial charge is 0.182 e. The van der Waals surface area contributed by atoms with Gasteiger partial charge in [0, 0.05) is 12.0 Å². The lowest BCUT2D eigenvalue weighted by atomic mass is 10.2. The molecule has 0 saturated heterocycles. The fourth-order valence-electron chi connectivity index (χ4n) is 2.52. The number of hydrogen-bond donors (Lipinski definition) is 1. The van der Waals surface area contributed by atoms with Gasteiger partial charge in [-0.15, -0.1) is 0 Å². The number of halogens is 1. The van der Waals surface area contributed by atoms with E-state index in [1.807, 2.05) is 12.2 Å². The Morgan fingerprint density at radius 2 is 1.96 bits per heavy atom. The molecule has 0 radical (unpaired) electrons. The van der Waals surface area contributed by atoms with Crippen molar-refractivity contribution in [3.8, 4) is 0 Å². The number of allylic oxidation sites excluding steroid dienone is 1. The van der Waals surface area contributed by atoms with E-state index in [1.54, 1.807) is 44.2 Å². The molecule has 1 aliphatic carbocycles. The van der Waals surface area contributed by atoms with Gasteiger partial charge in [-0.2, -0.15) is 0 Å². The summed E-state index contributed by atoms with van der Waals surface area (Å²) in [6.07, 6.45) is 4.72. The average molecular weight is 349 g/mol. The number of rotatable bonds is 4. The van der Waals surface area contributed by atoms with Crippen molar-refractivity contribution in [2.24, 2.45) is 0 Å². The van der Waals surface area contributed by atoms with E-state index in [0.29, 0.717) is 15.7 Å². The van der Waals surface area contributed by atoms with Gasteiger partial charge in [-0.05, 0) is 32.0 Å². The molecule has 1 heterocycles. The van der Waals surface area contributed by atoms with Crippen LogP contribution in [0, 0.1) is 0 Å². The molecule has 1 aromatic carbocycles. The Bertz CT molecular complexity index is 889. The monoisotopic (exact) mass is 348 g/mol. The molecular formula is C17H17ClN2O2S. The number of pyridine rings is 1. The van der Waals surface area contributed by atoms with Crippen LogP contribution in [-0.4, -0.2) is 18.7 Å². The summed E-state index contributed by atoms with van der Waals surface area (Å²) in [5, 5.41) is 3.12. The van der Waals surface area contributed by atoms with E-state index in [0.717, 1.165) is 23.4 Å². The molecule has 3 rings (SSSR count). The summed E-state index contributed by atoms with van der Waals surface area (Å²) in [6.45, 7) is 3.35. The normalized spacial score (nSPS) is 13.4. The number of nitrogens with zero attached hydrogens (tertiary/aromatic N) is 1. The van der Waals surface area contributed by atoms with Gasteiger partial charge in [0.05, 0.1) is 27.2 Å². The van der Waals surface area contributed by atoms with Crippen molar-refractivity contribution in [2.45, 2.75) is 30.4 Å². The lowest BCUT2D eigenvalue weighted by Gasteiger charge is -2.16. The van der Waals surface area contributed by atoms with E-state index in [1.165, 1.54) is 0 Å². The van der Waals surface area contributed by atoms with Gasteiger partial charge in [-0.1, -0.05) is 35.9 Å². The molecule has 1 N–H and O–H groups in total. The zero-order valence-electron chi connectivity index (χ0n) is 12.9. The predicted molar refractivity (Wildman–Crippen MR) is 94.0 cm³/mol. The number of aromatic nitrogens is 1. The summed E-state index contributed by atoms with van der Waals surface area (Å²) in [6, 6.07) is 8.63. The predicted octanol–water partition coefficient (Wildman–Crippen LogP) is 4.23. The van der Waals surface area contributed by atoms with E-state index in [-0.39, 0.29) is 0 Å². The van der Waals surface area contributed by atoms with Crippen LogP contribution in [-0.2, 0) is 16.3 Å². The Balaban J connectivity index is 2.08. The first-order valence-electron chi connectivity index (χ1n) is 7.35. The second kappa shape index (κ2) is 5.98. The fraction of sp³-hybridized carbons (Fsp3) is 0.235. The van der Waals surface area contributed by atoms with Crippen molar-refractivity contribution < 1.29 is 8.42 Å². The number of hydrogen-bond acceptors (Lipinski definition) is 4. The second-order valence-corrected chi connectivity index (χ2v) is 8.53. The van der Waals surface area contributed by atoms with E-state index in [4.69, 9.17) is 11.6 Å². The molecule has 0 saturated carbocycles. The minimum absolute atomic E-state index is 0.290. The molecule has 0 atom stereocenters. The van der Waals surface area contributed by atoms with Gasteiger partial charge in [-0.25, -0.2) is 13.4 Å². The maximum atomic E-state index is 12.6. The molecule has 120 valence electrons. The topological polar surface area (TPSA) is 59.1 Å². The maximum Gasteiger partial charge on any atom is 0.182 e. The fourth-order valence-corrected chi connectivity index (χ4v) is 3.94. The number of sulfone groups is 1. The maximum absolute atomic E-state index is 12.6. The van der Waals surface area contributed by atoms with Crippen molar-refractivity contribution in [1.82, 2.24) is 4.98 Å². The summed E-state index contributed by atoms with van der Waals surface area (Å²) in [7, 11) is -3.38. The van der Waals surface area contributed by atoms with Gasteiger partial charge >= 0.3 is 0 Å². The number of nitrogens with one attached hydrogen (secondary N) is 1. The molecule has 1 aliphatic rings. The SMILES string of the molecule is CC(C)S(=O)(=O)c1ccccc1Nc1cc(Cl)nc2c1C=CC2. The highest BCUT2D eigenvalue weighted by Gasteiger charge is 2.23. The Labute approximate surface area is 141 Å². The van der Waals surface area contributed by atoms with Crippen molar-refractivity contribution in [2.75, 3.05) is 5.32 Å². The van der Waals surface area contributed by atoms with Crippen LogP contribution in [0.15, 0.2) is 41.3 Å². The number of benzene rings is 1. The highest BCUT2D eigenvalue weighted by Crippen LogP contribution is 2.33. The molecule has 1 aromatic heterocycles. The van der Waals surface area contributed by atoms with Crippen LogP contribution in [0.3, 0.4) is 0 Å². The molecule has 0 fully saturated rings. The third-order valence-corrected chi connectivity index (χ3v) is 6.19. The van der Waals surface area contributed by atoms with Crippen LogP contribution in [0.4, 0.5) is 11.4 Å². The first kappa shape index (κ1) is 16.0. The largest absolute Gasteiger partial charge is 0.354 e. The number of para-hydroxylation sites is 1. The van der Waals surface area contributed by atoms with Gasteiger partial charge in [-0.3, -0.25) is 0 Å². The van der Waals surface area contributed by atoms with Gasteiger partial charge in [0.15, 0.2) is 9.84 Å². The Hall–Kier alpha value is -1.85. The summed E-state index contributed by atoms with van der Waals surface area (Å²) in [5.74, 6) is 0. The van der Waals surface area contributed by atoms with Gasteiger partial charge in [0.2, 0.25) is 0 Å². The lowest BCUT2D eigenvalue weighted by molar-refractivity contribution is 0.588. The van der Waals surface area contributed by atoms with Crippen molar-refractivity contribution in [1.29, 1.82) is 0 Å². The Kier molecular flexibility index (Phi) is 4.17. The molecular weight excluding hydrogens is 332 g/mol. The summed E-state index contributed by atoms with van der Waals surface area (Å²) in [4.78, 5) is 4.59. The number of fused-ring (bicyclic) bond motifs is 1. The molecule has 0 bridgehead atoms. The first-order chi connectivity index (χ1) is 10.9. The molecule has 0 spiro atoms. The summed E-state index contributed by atoms with van der Waals surface area (Å²) >= 11 is 6.08. The molecule has 0 unspecified atom stereocenters. The summed E-state index contributed by atoms with van der Waals surface area (Å²) in [5.41, 5.74) is 3.15. The zero-order chi connectivity index (χ0) is 16.6. The van der Waals surface area contributed by atoms with Crippen LogP contribution in [0.2, 0.25) is 5.15 Å². The first-order valence-corrected chi connectivity index (χ1v) is 9.28. The quantitative estimate of drug-likeness (QED) is 0.840. The molecule has 2 aromatic rings. The number of anilines is 2. The minimum Gasteiger partial charge on any atom is -0.354 e. The zero-order valence-corrected chi connectivity index (χ0v) is 14.4. The Morgan fingerprint density at radius 3 is 2.70 bits per heavy atom. The molecule has 0 aliphatic heterocycles. The van der Waals surface area contributed by atoms with Crippen molar-refractivity contribution >= 4 is 38.9 Å². The second-order valence-electron chi connectivity index (χ2n) is 5.67. The average Bonchev–Trinajstić information content (AvgIpc) is 2.95. The minimum atomic E-state index is -3.38. The Morgan fingerprint density at radius 1 is 1.22 bits per heavy atom. The highest BCUT2D eigenvalue weighted by molar-refractivity contribution is 7.92. The van der Waals surface area contributed by atoms with Gasteiger partial charge in [0.1, 0.15) is 5.15 Å². The lowest BCUT2D eigenvalue weighted by Crippen LogP contribution is -2.15. The third-order valence-electron chi connectivity index (χ3n) is 3.79. The van der Waals surface area contributed by atoms with Crippen LogP contribution < -0.4 is 5.32 Å².